The van der Waals surface area contributed by atoms with Crippen molar-refractivity contribution in [1.29, 1.82) is 0 Å². The molecular formula is C16H16N2O2. The summed E-state index contributed by atoms with van der Waals surface area (Å²) >= 11 is 0. The number of carbonyl (C=O) groups excluding carboxylic acids is 1. The van der Waals surface area contributed by atoms with Crippen LogP contribution in [0.2, 0.25) is 0 Å². The van der Waals surface area contributed by atoms with Gasteiger partial charge >= 0.3 is 0 Å². The zero-order chi connectivity index (χ0) is 13.8. The molecule has 4 heteroatoms. The number of rotatable bonds is 4. The molecule has 2 aromatic rings. The molecule has 0 radical (unpaired) electrons. The molecule has 0 spiro atoms. The zero-order valence-electron chi connectivity index (χ0n) is 11.1. The highest BCUT2D eigenvalue weighted by molar-refractivity contribution is 5.94. The first-order valence-electron chi connectivity index (χ1n) is 6.66. The molecule has 4 nitrogen and oxygen atoms in total. The highest BCUT2D eigenvalue weighted by atomic mass is 16.6. The molecule has 1 heterocycles. The van der Waals surface area contributed by atoms with E-state index in [2.05, 4.69) is 10.8 Å². The van der Waals surface area contributed by atoms with Gasteiger partial charge in [0.1, 0.15) is 0 Å². The summed E-state index contributed by atoms with van der Waals surface area (Å²) in [6, 6.07) is 15.4. The van der Waals surface area contributed by atoms with Gasteiger partial charge in [0.2, 0.25) is 0 Å². The molecule has 0 aliphatic carbocycles. The van der Waals surface area contributed by atoms with Gasteiger partial charge in [-0.25, -0.2) is 5.48 Å². The van der Waals surface area contributed by atoms with Crippen molar-refractivity contribution >= 4 is 11.6 Å². The fraction of sp³-hybridized carbons (Fsp3) is 0.188. The van der Waals surface area contributed by atoms with Gasteiger partial charge in [0.15, 0.2) is 0 Å². The van der Waals surface area contributed by atoms with Crippen molar-refractivity contribution in [3.05, 3.63) is 65.2 Å². The van der Waals surface area contributed by atoms with E-state index in [1.165, 1.54) is 5.56 Å². The molecule has 1 aliphatic heterocycles. The average molecular weight is 268 g/mol. The van der Waals surface area contributed by atoms with E-state index in [4.69, 9.17) is 4.84 Å². The standard InChI is InChI=1S/C16H16N2O2/c19-16(18-20-11-12-4-2-1-3-5-12)14-6-7-15-13(10-14)8-9-17-15/h1-7,10,17H,8-9,11H2,(H,18,19). The SMILES string of the molecule is O=C(NOCc1ccccc1)c1ccc2c(c1)CCN2. The largest absolute Gasteiger partial charge is 0.384 e. The normalized spacial score (nSPS) is 12.6. The van der Waals surface area contributed by atoms with E-state index in [0.29, 0.717) is 12.2 Å². The van der Waals surface area contributed by atoms with Crippen molar-refractivity contribution in [2.24, 2.45) is 0 Å². The van der Waals surface area contributed by atoms with Crippen LogP contribution < -0.4 is 10.8 Å². The topological polar surface area (TPSA) is 50.4 Å². The van der Waals surface area contributed by atoms with Crippen molar-refractivity contribution in [3.8, 4) is 0 Å². The van der Waals surface area contributed by atoms with Crippen LogP contribution in [0.25, 0.3) is 0 Å². The van der Waals surface area contributed by atoms with E-state index in [0.717, 1.165) is 24.2 Å². The van der Waals surface area contributed by atoms with Gasteiger partial charge in [0.25, 0.3) is 5.91 Å². The highest BCUT2D eigenvalue weighted by Gasteiger charge is 2.13. The summed E-state index contributed by atoms with van der Waals surface area (Å²) < 4.78 is 0. The summed E-state index contributed by atoms with van der Waals surface area (Å²) in [6.45, 7) is 1.30. The maximum atomic E-state index is 12.0. The number of nitrogens with one attached hydrogen (secondary N) is 2. The van der Waals surface area contributed by atoms with Gasteiger partial charge in [-0.3, -0.25) is 9.63 Å². The summed E-state index contributed by atoms with van der Waals surface area (Å²) in [5.41, 5.74) is 6.42. The van der Waals surface area contributed by atoms with E-state index >= 15 is 0 Å². The minimum atomic E-state index is -0.212. The monoisotopic (exact) mass is 268 g/mol. The lowest BCUT2D eigenvalue weighted by molar-refractivity contribution is 0.0233. The number of amides is 1. The lowest BCUT2D eigenvalue weighted by Crippen LogP contribution is -2.23. The Hall–Kier alpha value is -2.33. The van der Waals surface area contributed by atoms with Crippen LogP contribution in [0.1, 0.15) is 21.5 Å². The van der Waals surface area contributed by atoms with Crippen molar-refractivity contribution in [1.82, 2.24) is 5.48 Å². The van der Waals surface area contributed by atoms with Crippen LogP contribution in [0.4, 0.5) is 5.69 Å². The summed E-state index contributed by atoms with van der Waals surface area (Å²) in [5, 5.41) is 3.27. The molecule has 3 rings (SSSR count). The minimum Gasteiger partial charge on any atom is -0.384 e. The number of hydroxylamine groups is 1. The lowest BCUT2D eigenvalue weighted by Gasteiger charge is -2.07. The Morgan fingerprint density at radius 2 is 2.05 bits per heavy atom. The van der Waals surface area contributed by atoms with Crippen LogP contribution >= 0.6 is 0 Å². The molecule has 0 fully saturated rings. The van der Waals surface area contributed by atoms with Crippen LogP contribution in [0, 0.1) is 0 Å². The Balaban J connectivity index is 1.57. The van der Waals surface area contributed by atoms with Crippen LogP contribution in [0.15, 0.2) is 48.5 Å². The van der Waals surface area contributed by atoms with E-state index in [-0.39, 0.29) is 5.91 Å². The van der Waals surface area contributed by atoms with Crippen molar-refractivity contribution in [3.63, 3.8) is 0 Å². The van der Waals surface area contributed by atoms with E-state index in [1.807, 2.05) is 42.5 Å². The second-order valence-electron chi connectivity index (χ2n) is 4.75. The number of anilines is 1. The number of hydrogen-bond donors (Lipinski definition) is 2. The molecule has 20 heavy (non-hydrogen) atoms. The van der Waals surface area contributed by atoms with Gasteiger partial charge in [-0.2, -0.15) is 0 Å². The first kappa shape index (κ1) is 12.7. The molecule has 1 aliphatic rings. The van der Waals surface area contributed by atoms with Crippen molar-refractivity contribution < 1.29 is 9.63 Å². The molecule has 0 bridgehead atoms. The molecule has 102 valence electrons. The number of fused-ring (bicyclic) bond motifs is 1. The van der Waals surface area contributed by atoms with E-state index in [9.17, 15) is 4.79 Å². The third-order valence-electron chi connectivity index (χ3n) is 3.32. The average Bonchev–Trinajstić information content (AvgIpc) is 2.95. The summed E-state index contributed by atoms with van der Waals surface area (Å²) in [7, 11) is 0. The molecule has 0 atom stereocenters. The second-order valence-corrected chi connectivity index (χ2v) is 4.75. The smallest absolute Gasteiger partial charge is 0.274 e. The second kappa shape index (κ2) is 5.75. The quantitative estimate of drug-likeness (QED) is 0.838. The molecule has 2 aromatic carbocycles. The van der Waals surface area contributed by atoms with Crippen LogP contribution in [-0.4, -0.2) is 12.5 Å². The third-order valence-corrected chi connectivity index (χ3v) is 3.32. The predicted molar refractivity (Wildman–Crippen MR) is 77.3 cm³/mol. The molecule has 0 aromatic heterocycles. The Morgan fingerprint density at radius 1 is 1.20 bits per heavy atom. The van der Waals surface area contributed by atoms with E-state index < -0.39 is 0 Å². The van der Waals surface area contributed by atoms with Crippen LogP contribution in [0.5, 0.6) is 0 Å². The summed E-state index contributed by atoms with van der Waals surface area (Å²) in [4.78, 5) is 17.2. The third kappa shape index (κ3) is 2.81. The van der Waals surface area contributed by atoms with E-state index in [1.54, 1.807) is 6.07 Å². The maximum absolute atomic E-state index is 12.0. The fourth-order valence-corrected chi connectivity index (χ4v) is 2.26. The Labute approximate surface area is 117 Å². The first-order chi connectivity index (χ1) is 9.83. The van der Waals surface area contributed by atoms with Gasteiger partial charge in [-0.1, -0.05) is 30.3 Å². The Kier molecular flexibility index (Phi) is 3.65. The van der Waals surface area contributed by atoms with Gasteiger partial charge < -0.3 is 5.32 Å². The predicted octanol–water partition coefficient (Wildman–Crippen LogP) is 2.52. The maximum Gasteiger partial charge on any atom is 0.274 e. The Morgan fingerprint density at radius 3 is 2.90 bits per heavy atom. The molecule has 2 N–H and O–H groups in total. The van der Waals surface area contributed by atoms with Crippen molar-refractivity contribution in [2.75, 3.05) is 11.9 Å². The number of hydrogen-bond acceptors (Lipinski definition) is 3. The van der Waals surface area contributed by atoms with Crippen LogP contribution in [0.3, 0.4) is 0 Å². The number of benzene rings is 2. The summed E-state index contributed by atoms with van der Waals surface area (Å²) in [6.07, 6.45) is 0.960. The van der Waals surface area contributed by atoms with Gasteiger partial charge in [-0.15, -0.1) is 0 Å². The van der Waals surface area contributed by atoms with Crippen LogP contribution in [-0.2, 0) is 17.9 Å². The van der Waals surface area contributed by atoms with Gasteiger partial charge in [0.05, 0.1) is 6.61 Å². The lowest BCUT2D eigenvalue weighted by atomic mass is 10.1. The minimum absolute atomic E-state index is 0.212. The summed E-state index contributed by atoms with van der Waals surface area (Å²) in [5.74, 6) is -0.212. The Bertz CT molecular complexity index is 611. The van der Waals surface area contributed by atoms with Crippen molar-refractivity contribution in [2.45, 2.75) is 13.0 Å². The molecule has 0 saturated heterocycles. The van der Waals surface area contributed by atoms with Gasteiger partial charge in [-0.05, 0) is 35.7 Å². The molecule has 0 unspecified atom stereocenters. The zero-order valence-corrected chi connectivity index (χ0v) is 11.1. The molecule has 1 amide bonds. The number of carbonyl (C=O) groups is 1. The highest BCUT2D eigenvalue weighted by Crippen LogP contribution is 2.22. The van der Waals surface area contributed by atoms with Gasteiger partial charge in [0, 0.05) is 17.8 Å². The first-order valence-corrected chi connectivity index (χ1v) is 6.66. The fourth-order valence-electron chi connectivity index (χ4n) is 2.26. The molecule has 0 saturated carbocycles. The molecular weight excluding hydrogens is 252 g/mol.